The second-order valence-corrected chi connectivity index (χ2v) is 7.31. The number of halogens is 4. The van der Waals surface area contributed by atoms with Crippen LogP contribution in [-0.4, -0.2) is 18.4 Å². The van der Waals surface area contributed by atoms with E-state index < -0.39 is 23.5 Å². The fourth-order valence-electron chi connectivity index (χ4n) is 2.79. The number of alkyl halides is 3. The van der Waals surface area contributed by atoms with Crippen LogP contribution in [0.2, 0.25) is 0 Å². The Morgan fingerprint density at radius 1 is 1.22 bits per heavy atom. The van der Waals surface area contributed by atoms with Gasteiger partial charge in [-0.25, -0.2) is 0 Å². The number of hydrogen-bond acceptors (Lipinski definition) is 3. The molecule has 126 valence electrons. The lowest BCUT2D eigenvalue weighted by atomic mass is 9.76. The van der Waals surface area contributed by atoms with Gasteiger partial charge in [0.05, 0.1) is 6.61 Å². The minimum atomic E-state index is -4.35. The molecule has 7 heteroatoms. The summed E-state index contributed by atoms with van der Waals surface area (Å²) >= 11 is 3.44. The Morgan fingerprint density at radius 2 is 1.83 bits per heavy atom. The largest absolute Gasteiger partial charge is 0.455 e. The summed E-state index contributed by atoms with van der Waals surface area (Å²) in [6, 6.07) is 5.41. The molecular weight excluding hydrogens is 377 g/mol. The molecule has 1 fully saturated rings. The standard InChI is InChI=1S/C16H16BrF3O3/c1-14(2,8-15(9-23-15)16(18,19)20)10-3-4-11(12(17)7-10)13-21-5-6-22-13/h3-7,13H,8-9H2,1-2H3. The van der Waals surface area contributed by atoms with Gasteiger partial charge in [0.25, 0.3) is 6.29 Å². The summed E-state index contributed by atoms with van der Waals surface area (Å²) in [4.78, 5) is 0. The maximum Gasteiger partial charge on any atom is 0.419 e. The van der Waals surface area contributed by atoms with E-state index in [0.717, 1.165) is 15.6 Å². The van der Waals surface area contributed by atoms with Crippen molar-refractivity contribution in [3.63, 3.8) is 0 Å². The molecule has 0 amide bonds. The number of epoxide rings is 1. The normalized spacial score (nSPS) is 24.4. The molecule has 2 aliphatic rings. The molecule has 1 aromatic carbocycles. The highest BCUT2D eigenvalue weighted by Gasteiger charge is 2.67. The van der Waals surface area contributed by atoms with Crippen LogP contribution < -0.4 is 0 Å². The Hall–Kier alpha value is -1.21. The predicted molar refractivity (Wildman–Crippen MR) is 80.6 cm³/mol. The van der Waals surface area contributed by atoms with E-state index in [2.05, 4.69) is 15.9 Å². The molecule has 0 aromatic heterocycles. The van der Waals surface area contributed by atoms with E-state index in [1.807, 2.05) is 6.07 Å². The first-order valence-corrected chi connectivity index (χ1v) is 7.91. The second kappa shape index (κ2) is 5.41. The summed E-state index contributed by atoms with van der Waals surface area (Å²) in [6.45, 7) is 3.30. The molecule has 23 heavy (non-hydrogen) atoms. The molecular formula is C16H16BrF3O3. The lowest BCUT2D eigenvalue weighted by Gasteiger charge is -2.30. The number of rotatable bonds is 4. The molecule has 0 saturated carbocycles. The topological polar surface area (TPSA) is 31.0 Å². The third-order valence-corrected chi connectivity index (χ3v) is 4.92. The number of ether oxygens (including phenoxy) is 3. The summed E-state index contributed by atoms with van der Waals surface area (Å²) in [5, 5.41) is 0. The van der Waals surface area contributed by atoms with Crippen molar-refractivity contribution < 1.29 is 27.4 Å². The summed E-state index contributed by atoms with van der Waals surface area (Å²) in [5.41, 5.74) is -1.13. The molecule has 3 rings (SSSR count). The van der Waals surface area contributed by atoms with Gasteiger partial charge in [0.15, 0.2) is 5.60 Å². The van der Waals surface area contributed by atoms with Crippen molar-refractivity contribution in [1.29, 1.82) is 0 Å². The highest BCUT2D eigenvalue weighted by Crippen LogP contribution is 2.51. The maximum atomic E-state index is 13.1. The Labute approximate surface area is 140 Å². The summed E-state index contributed by atoms with van der Waals surface area (Å²) < 4.78 is 55.4. The van der Waals surface area contributed by atoms with Crippen LogP contribution in [0.25, 0.3) is 0 Å². The number of hydrogen-bond donors (Lipinski definition) is 0. The SMILES string of the molecule is CC(C)(CC1(C(F)(F)F)CO1)c1ccc(C2OC=CO2)c(Br)c1. The first-order chi connectivity index (χ1) is 10.6. The van der Waals surface area contributed by atoms with Crippen molar-refractivity contribution in [3.8, 4) is 0 Å². The van der Waals surface area contributed by atoms with Crippen LogP contribution in [0.4, 0.5) is 13.2 Å². The smallest absolute Gasteiger partial charge is 0.419 e. The third kappa shape index (κ3) is 3.08. The van der Waals surface area contributed by atoms with E-state index in [4.69, 9.17) is 14.2 Å². The molecule has 0 N–H and O–H groups in total. The lowest BCUT2D eigenvalue weighted by molar-refractivity contribution is -0.188. The molecule has 0 bridgehead atoms. The van der Waals surface area contributed by atoms with E-state index >= 15 is 0 Å². The van der Waals surface area contributed by atoms with Crippen molar-refractivity contribution in [3.05, 3.63) is 46.3 Å². The van der Waals surface area contributed by atoms with Gasteiger partial charge < -0.3 is 14.2 Å². The van der Waals surface area contributed by atoms with Crippen LogP contribution in [0.15, 0.2) is 35.2 Å². The van der Waals surface area contributed by atoms with Gasteiger partial charge in [0, 0.05) is 10.0 Å². The van der Waals surface area contributed by atoms with Gasteiger partial charge >= 0.3 is 6.18 Å². The van der Waals surface area contributed by atoms with Gasteiger partial charge in [-0.15, -0.1) is 0 Å². The van der Waals surface area contributed by atoms with Gasteiger partial charge in [-0.05, 0) is 23.5 Å². The molecule has 1 saturated heterocycles. The average molecular weight is 393 g/mol. The third-order valence-electron chi connectivity index (χ3n) is 4.23. The molecule has 0 spiro atoms. The predicted octanol–water partition coefficient (Wildman–Crippen LogP) is 4.96. The monoisotopic (exact) mass is 392 g/mol. The second-order valence-electron chi connectivity index (χ2n) is 6.45. The van der Waals surface area contributed by atoms with Crippen LogP contribution in [-0.2, 0) is 19.6 Å². The van der Waals surface area contributed by atoms with Crippen LogP contribution in [0.3, 0.4) is 0 Å². The van der Waals surface area contributed by atoms with Gasteiger partial charge in [-0.3, -0.25) is 0 Å². The number of benzene rings is 1. The Morgan fingerprint density at radius 3 is 2.30 bits per heavy atom. The highest BCUT2D eigenvalue weighted by atomic mass is 79.9. The molecule has 1 atom stereocenters. The molecule has 3 nitrogen and oxygen atoms in total. The summed E-state index contributed by atoms with van der Waals surface area (Å²) in [5.74, 6) is 0. The fourth-order valence-corrected chi connectivity index (χ4v) is 3.36. The van der Waals surface area contributed by atoms with Crippen LogP contribution >= 0.6 is 15.9 Å². The zero-order chi connectivity index (χ0) is 16.9. The maximum absolute atomic E-state index is 13.1. The average Bonchev–Trinajstić information content (AvgIpc) is 3.03. The van der Waals surface area contributed by atoms with E-state index in [0.29, 0.717) is 0 Å². The van der Waals surface area contributed by atoms with E-state index in [1.165, 1.54) is 12.5 Å². The van der Waals surface area contributed by atoms with Gasteiger partial charge in [-0.1, -0.05) is 41.9 Å². The van der Waals surface area contributed by atoms with E-state index in [9.17, 15) is 13.2 Å². The molecule has 1 unspecified atom stereocenters. The van der Waals surface area contributed by atoms with Gasteiger partial charge in [0.2, 0.25) is 0 Å². The van der Waals surface area contributed by atoms with Crippen LogP contribution in [0, 0.1) is 0 Å². The lowest BCUT2D eigenvalue weighted by Crippen LogP contribution is -2.38. The van der Waals surface area contributed by atoms with Crippen LogP contribution in [0.1, 0.15) is 37.7 Å². The first kappa shape index (κ1) is 16.6. The minimum Gasteiger partial charge on any atom is -0.455 e. The molecule has 2 heterocycles. The minimum absolute atomic E-state index is 0.118. The van der Waals surface area contributed by atoms with E-state index in [1.54, 1.807) is 26.0 Å². The van der Waals surface area contributed by atoms with Crippen molar-refractivity contribution in [2.45, 2.75) is 43.8 Å². The Bertz CT molecular complexity index is 628. The van der Waals surface area contributed by atoms with Gasteiger partial charge in [0.1, 0.15) is 12.5 Å². The first-order valence-electron chi connectivity index (χ1n) is 7.11. The molecule has 0 aliphatic carbocycles. The van der Waals surface area contributed by atoms with E-state index in [-0.39, 0.29) is 13.0 Å². The molecule has 1 aromatic rings. The van der Waals surface area contributed by atoms with Crippen molar-refractivity contribution in [2.75, 3.05) is 6.61 Å². The fraction of sp³-hybridized carbons (Fsp3) is 0.500. The van der Waals surface area contributed by atoms with Crippen molar-refractivity contribution in [1.82, 2.24) is 0 Å². The van der Waals surface area contributed by atoms with Gasteiger partial charge in [-0.2, -0.15) is 13.2 Å². The van der Waals surface area contributed by atoms with Crippen molar-refractivity contribution in [2.24, 2.45) is 0 Å². The zero-order valence-electron chi connectivity index (χ0n) is 12.6. The quantitative estimate of drug-likeness (QED) is 0.678. The van der Waals surface area contributed by atoms with Crippen molar-refractivity contribution >= 4 is 15.9 Å². The summed E-state index contributed by atoms with van der Waals surface area (Å²) in [7, 11) is 0. The Balaban J connectivity index is 1.82. The highest BCUT2D eigenvalue weighted by molar-refractivity contribution is 9.10. The zero-order valence-corrected chi connectivity index (χ0v) is 14.2. The molecule has 2 aliphatic heterocycles. The Kier molecular flexibility index (Phi) is 3.92. The van der Waals surface area contributed by atoms with Crippen LogP contribution in [0.5, 0.6) is 0 Å². The summed E-state index contributed by atoms with van der Waals surface area (Å²) in [6.07, 6.45) is -2.10. The molecule has 0 radical (unpaired) electrons.